The minimum absolute atomic E-state index is 0.0105. The molecule has 2 N–H and O–H groups in total. The molecule has 0 fully saturated rings. The zero-order chi connectivity index (χ0) is 17.3. The Hall–Kier alpha value is -2.45. The number of halogens is 3. The molecular weight excluding hydrogens is 315 g/mol. The number of carboxylic acids is 1. The van der Waals surface area contributed by atoms with Crippen LogP contribution in [0.1, 0.15) is 29.3 Å². The third-order valence-electron chi connectivity index (χ3n) is 3.57. The Morgan fingerprint density at radius 2 is 2.00 bits per heavy atom. The molecule has 0 saturated carbocycles. The summed E-state index contributed by atoms with van der Waals surface area (Å²) < 4.78 is 38.8. The van der Waals surface area contributed by atoms with Gasteiger partial charge in [0.05, 0.1) is 5.92 Å². The van der Waals surface area contributed by atoms with Crippen LogP contribution in [0, 0.1) is 5.92 Å². The van der Waals surface area contributed by atoms with Gasteiger partial charge in [0.1, 0.15) is 0 Å². The molecule has 0 aromatic heterocycles. The van der Waals surface area contributed by atoms with Crippen molar-refractivity contribution >= 4 is 11.9 Å². The number of carboxylic acid groups (broad SMARTS) is 1. The molecule has 23 heavy (non-hydrogen) atoms. The van der Waals surface area contributed by atoms with Crippen LogP contribution in [0.25, 0.3) is 0 Å². The molecule has 6 nitrogen and oxygen atoms in total. The van der Waals surface area contributed by atoms with Crippen LogP contribution in [0.5, 0.6) is 0 Å². The van der Waals surface area contributed by atoms with Crippen molar-refractivity contribution in [3.63, 3.8) is 0 Å². The normalized spacial score (nSPS) is 16.7. The van der Waals surface area contributed by atoms with E-state index in [1.807, 2.05) is 0 Å². The van der Waals surface area contributed by atoms with Crippen LogP contribution >= 0.6 is 0 Å². The van der Waals surface area contributed by atoms with Crippen molar-refractivity contribution in [1.82, 2.24) is 5.32 Å². The summed E-state index contributed by atoms with van der Waals surface area (Å²) >= 11 is 0. The minimum atomic E-state index is -4.67. The predicted octanol–water partition coefficient (Wildman–Crippen LogP) is 2.71. The number of aliphatic carboxylic acids is 1. The van der Waals surface area contributed by atoms with Crippen LogP contribution in [-0.4, -0.2) is 29.7 Å². The summed E-state index contributed by atoms with van der Waals surface area (Å²) in [4.78, 5) is 22.9. The quantitative estimate of drug-likeness (QED) is 0.840. The van der Waals surface area contributed by atoms with Crippen LogP contribution < -0.4 is 5.32 Å². The van der Waals surface area contributed by atoms with Gasteiger partial charge in [-0.1, -0.05) is 19.1 Å². The molecular formula is C14H14F3N3O3. The van der Waals surface area contributed by atoms with Gasteiger partial charge >= 0.3 is 17.8 Å². The maximum Gasteiger partial charge on any atom is 0.442 e. The van der Waals surface area contributed by atoms with Crippen molar-refractivity contribution in [3.05, 3.63) is 35.4 Å². The van der Waals surface area contributed by atoms with Crippen LogP contribution in [0.15, 0.2) is 34.5 Å². The van der Waals surface area contributed by atoms with E-state index >= 15 is 0 Å². The van der Waals surface area contributed by atoms with E-state index < -0.39 is 29.6 Å². The Labute approximate surface area is 129 Å². The van der Waals surface area contributed by atoms with Crippen LogP contribution in [0.2, 0.25) is 0 Å². The van der Waals surface area contributed by atoms with Gasteiger partial charge in [0, 0.05) is 17.7 Å². The number of hydrogen-bond acceptors (Lipinski definition) is 4. The molecule has 1 amide bonds. The van der Waals surface area contributed by atoms with Crippen molar-refractivity contribution in [2.45, 2.75) is 25.2 Å². The van der Waals surface area contributed by atoms with E-state index in [0.29, 0.717) is 6.42 Å². The summed E-state index contributed by atoms with van der Waals surface area (Å²) in [6, 6.07) is 4.89. The van der Waals surface area contributed by atoms with Crippen LogP contribution in [-0.2, 0) is 10.5 Å². The van der Waals surface area contributed by atoms with E-state index in [1.165, 1.54) is 18.2 Å². The summed E-state index contributed by atoms with van der Waals surface area (Å²) in [5.74, 6) is -2.45. The van der Waals surface area contributed by atoms with E-state index in [4.69, 9.17) is 5.11 Å². The second-order valence-corrected chi connectivity index (χ2v) is 5.10. The van der Waals surface area contributed by atoms with E-state index in [1.54, 1.807) is 6.92 Å². The highest BCUT2D eigenvalue weighted by atomic mass is 19.4. The highest BCUT2D eigenvalue weighted by molar-refractivity contribution is 5.94. The molecule has 124 valence electrons. The van der Waals surface area contributed by atoms with Crippen molar-refractivity contribution in [3.8, 4) is 0 Å². The third-order valence-corrected chi connectivity index (χ3v) is 3.57. The average Bonchev–Trinajstić information content (AvgIpc) is 3.28. The van der Waals surface area contributed by atoms with Gasteiger partial charge in [-0.2, -0.15) is 13.2 Å². The largest absolute Gasteiger partial charge is 0.481 e. The number of nitrogens with one attached hydrogen (secondary N) is 1. The summed E-state index contributed by atoms with van der Waals surface area (Å²) in [5.41, 5.74) is -2.84. The Bertz CT molecular complexity index is 652. The number of alkyl halides is 3. The topological polar surface area (TPSA) is 91.1 Å². The molecule has 1 aliphatic rings. The van der Waals surface area contributed by atoms with Gasteiger partial charge in [0.15, 0.2) is 0 Å². The van der Waals surface area contributed by atoms with Crippen LogP contribution in [0.3, 0.4) is 0 Å². The van der Waals surface area contributed by atoms with E-state index in [2.05, 4.69) is 15.5 Å². The number of amides is 1. The average molecular weight is 329 g/mol. The maximum absolute atomic E-state index is 12.9. The fourth-order valence-corrected chi connectivity index (χ4v) is 2.04. The van der Waals surface area contributed by atoms with Crippen molar-refractivity contribution in [2.24, 2.45) is 16.1 Å². The number of carbonyl (C=O) groups excluding carboxylic acids is 1. The summed E-state index contributed by atoms with van der Waals surface area (Å²) in [6.45, 7) is 1.56. The molecule has 1 atom stereocenters. The number of carbonyl (C=O) groups is 2. The first-order valence-electron chi connectivity index (χ1n) is 6.83. The smallest absolute Gasteiger partial charge is 0.442 e. The molecule has 1 aromatic rings. The molecule has 0 saturated heterocycles. The van der Waals surface area contributed by atoms with Gasteiger partial charge < -0.3 is 10.4 Å². The first kappa shape index (κ1) is 16.9. The highest BCUT2D eigenvalue weighted by Gasteiger charge is 2.65. The molecule has 9 heteroatoms. The number of nitrogens with zero attached hydrogens (tertiary/aromatic N) is 2. The summed E-state index contributed by atoms with van der Waals surface area (Å²) in [5, 5.41) is 17.5. The van der Waals surface area contributed by atoms with Crippen molar-refractivity contribution in [2.75, 3.05) is 6.54 Å². The minimum Gasteiger partial charge on any atom is -0.481 e. The monoisotopic (exact) mass is 329 g/mol. The van der Waals surface area contributed by atoms with E-state index in [0.717, 1.165) is 6.07 Å². The Morgan fingerprint density at radius 1 is 1.35 bits per heavy atom. The lowest BCUT2D eigenvalue weighted by Crippen LogP contribution is -2.33. The fraction of sp³-hybridized carbons (Fsp3) is 0.429. The summed E-state index contributed by atoms with van der Waals surface area (Å²) in [6.07, 6.45) is -4.34. The lowest BCUT2D eigenvalue weighted by atomic mass is 10.00. The van der Waals surface area contributed by atoms with Gasteiger partial charge in [-0.15, -0.1) is 10.2 Å². The standard InChI is InChI=1S/C14H14F3N3O3/c1-2-8(12(22)23)7-18-11(21)9-4-3-5-10(6-9)13(19-20-13)14(15,16)17/h3-6,8H,2,7H2,1H3,(H,18,21)(H,22,23). The Morgan fingerprint density at radius 3 is 2.48 bits per heavy atom. The molecule has 0 aliphatic carbocycles. The number of benzene rings is 1. The fourth-order valence-electron chi connectivity index (χ4n) is 2.04. The molecule has 2 rings (SSSR count). The third kappa shape index (κ3) is 3.33. The van der Waals surface area contributed by atoms with Crippen molar-refractivity contribution in [1.29, 1.82) is 0 Å². The predicted molar refractivity (Wildman–Crippen MR) is 72.8 cm³/mol. The second-order valence-electron chi connectivity index (χ2n) is 5.10. The first-order valence-corrected chi connectivity index (χ1v) is 6.83. The number of rotatable bonds is 6. The van der Waals surface area contributed by atoms with Gasteiger partial charge in [-0.3, -0.25) is 9.59 Å². The number of hydrogen-bond donors (Lipinski definition) is 2. The van der Waals surface area contributed by atoms with Crippen molar-refractivity contribution < 1.29 is 27.9 Å². The van der Waals surface area contributed by atoms with Gasteiger partial charge in [-0.25, -0.2) is 0 Å². The maximum atomic E-state index is 12.9. The summed E-state index contributed by atoms with van der Waals surface area (Å²) in [7, 11) is 0. The zero-order valence-corrected chi connectivity index (χ0v) is 12.1. The van der Waals surface area contributed by atoms with Crippen LogP contribution in [0.4, 0.5) is 13.2 Å². The molecule has 1 aliphatic heterocycles. The van der Waals surface area contributed by atoms with E-state index in [-0.39, 0.29) is 17.7 Å². The van der Waals surface area contributed by atoms with Gasteiger partial charge in [0.2, 0.25) is 0 Å². The highest BCUT2D eigenvalue weighted by Crippen LogP contribution is 2.52. The second kappa shape index (κ2) is 5.98. The molecule has 1 aromatic carbocycles. The molecule has 0 bridgehead atoms. The van der Waals surface area contributed by atoms with Gasteiger partial charge in [0.25, 0.3) is 5.91 Å². The van der Waals surface area contributed by atoms with E-state index in [9.17, 15) is 22.8 Å². The molecule has 1 heterocycles. The first-order chi connectivity index (χ1) is 10.7. The SMILES string of the molecule is CCC(CNC(=O)c1cccc(C2(C(F)(F)F)N=N2)c1)C(=O)O. The Balaban J connectivity index is 2.11. The molecule has 0 radical (unpaired) electrons. The zero-order valence-electron chi connectivity index (χ0n) is 12.1. The lowest BCUT2D eigenvalue weighted by molar-refractivity contribution is -0.166. The van der Waals surface area contributed by atoms with Gasteiger partial charge in [-0.05, 0) is 18.6 Å². The Kier molecular flexibility index (Phi) is 4.39. The lowest BCUT2D eigenvalue weighted by Gasteiger charge is -2.16. The molecule has 0 spiro atoms. The molecule has 1 unspecified atom stereocenters.